The summed E-state index contributed by atoms with van der Waals surface area (Å²) in [4.78, 5) is 10.4. The number of nitrogens with one attached hydrogen (secondary N) is 1. The van der Waals surface area contributed by atoms with Gasteiger partial charge >= 0.3 is 5.97 Å². The maximum absolute atomic E-state index is 10.4. The molecule has 4 nitrogen and oxygen atoms in total. The Labute approximate surface area is 89.8 Å². The van der Waals surface area contributed by atoms with Crippen molar-refractivity contribution < 1.29 is 9.90 Å². The highest BCUT2D eigenvalue weighted by Crippen LogP contribution is 2.20. The van der Waals surface area contributed by atoms with Crippen LogP contribution >= 0.6 is 15.9 Å². The van der Waals surface area contributed by atoms with Gasteiger partial charge in [0.2, 0.25) is 0 Å². The predicted molar refractivity (Wildman–Crippen MR) is 58.5 cm³/mol. The van der Waals surface area contributed by atoms with Crippen molar-refractivity contribution in [2.75, 3.05) is 5.43 Å². The quantitative estimate of drug-likeness (QED) is 0.645. The molecule has 0 aliphatic heterocycles. The van der Waals surface area contributed by atoms with Crippen LogP contribution in [0.1, 0.15) is 6.92 Å². The van der Waals surface area contributed by atoms with Gasteiger partial charge in [0, 0.05) is 4.47 Å². The van der Waals surface area contributed by atoms with Crippen molar-refractivity contribution in [3.05, 3.63) is 28.7 Å². The van der Waals surface area contributed by atoms with Crippen LogP contribution in [0.4, 0.5) is 5.69 Å². The minimum absolute atomic E-state index is 0.0146. The molecule has 0 aliphatic carbocycles. The summed E-state index contributed by atoms with van der Waals surface area (Å²) in [5.41, 5.74) is 3.40. The van der Waals surface area contributed by atoms with E-state index in [4.69, 9.17) is 5.11 Å². The second kappa shape index (κ2) is 4.76. The van der Waals surface area contributed by atoms with Crippen LogP contribution in [0, 0.1) is 0 Å². The van der Waals surface area contributed by atoms with Gasteiger partial charge in [-0.25, -0.2) is 4.79 Å². The van der Waals surface area contributed by atoms with E-state index in [0.29, 0.717) is 0 Å². The molecule has 1 rings (SSSR count). The van der Waals surface area contributed by atoms with Crippen LogP contribution in [0.5, 0.6) is 0 Å². The fourth-order valence-corrected chi connectivity index (χ4v) is 1.12. The second-order valence-corrected chi connectivity index (χ2v) is 3.45. The lowest BCUT2D eigenvalue weighted by molar-refractivity contribution is -0.129. The van der Waals surface area contributed by atoms with Gasteiger partial charge in [0.1, 0.15) is 5.71 Å². The number of carboxylic acids is 1. The Balaban J connectivity index is 2.76. The van der Waals surface area contributed by atoms with Crippen LogP contribution in [0.15, 0.2) is 33.8 Å². The summed E-state index contributed by atoms with van der Waals surface area (Å²) in [6.07, 6.45) is 0. The van der Waals surface area contributed by atoms with Gasteiger partial charge in [0.25, 0.3) is 0 Å². The molecule has 2 N–H and O–H groups in total. The lowest BCUT2D eigenvalue weighted by Crippen LogP contribution is -2.10. The highest BCUT2D eigenvalue weighted by molar-refractivity contribution is 9.10. The highest BCUT2D eigenvalue weighted by Gasteiger charge is 2.01. The van der Waals surface area contributed by atoms with Crippen molar-refractivity contribution >= 4 is 33.3 Å². The Kier molecular flexibility index (Phi) is 3.64. The molecule has 0 bridgehead atoms. The molecule has 0 heterocycles. The monoisotopic (exact) mass is 256 g/mol. The Bertz CT molecular complexity index is 377. The third kappa shape index (κ3) is 2.85. The summed E-state index contributed by atoms with van der Waals surface area (Å²) in [5.74, 6) is -1.04. The van der Waals surface area contributed by atoms with E-state index in [2.05, 4.69) is 26.5 Å². The number of nitrogens with zero attached hydrogens (tertiary/aromatic N) is 1. The smallest absolute Gasteiger partial charge is 0.351 e. The van der Waals surface area contributed by atoms with Gasteiger partial charge in [-0.3, -0.25) is 5.43 Å². The van der Waals surface area contributed by atoms with Crippen LogP contribution in [0.25, 0.3) is 0 Å². The van der Waals surface area contributed by atoms with Crippen LogP contribution < -0.4 is 5.43 Å². The lowest BCUT2D eigenvalue weighted by atomic mass is 10.3. The molecule has 14 heavy (non-hydrogen) atoms. The minimum atomic E-state index is -1.04. The van der Waals surface area contributed by atoms with Crippen molar-refractivity contribution in [2.24, 2.45) is 5.10 Å². The first-order valence-corrected chi connectivity index (χ1v) is 4.68. The van der Waals surface area contributed by atoms with E-state index in [-0.39, 0.29) is 5.71 Å². The first-order valence-electron chi connectivity index (χ1n) is 3.89. The van der Waals surface area contributed by atoms with Gasteiger partial charge in [-0.2, -0.15) is 5.10 Å². The minimum Gasteiger partial charge on any atom is -0.477 e. The number of hydrogen-bond donors (Lipinski definition) is 2. The molecule has 0 saturated carbocycles. The molecular weight excluding hydrogens is 248 g/mol. The van der Waals surface area contributed by atoms with E-state index in [1.165, 1.54) is 6.92 Å². The number of hydrogen-bond acceptors (Lipinski definition) is 3. The number of halogens is 1. The van der Waals surface area contributed by atoms with Crippen molar-refractivity contribution in [3.63, 3.8) is 0 Å². The van der Waals surface area contributed by atoms with Crippen molar-refractivity contribution in [1.29, 1.82) is 0 Å². The second-order valence-electron chi connectivity index (χ2n) is 2.59. The lowest BCUT2D eigenvalue weighted by Gasteiger charge is -2.02. The number of benzene rings is 1. The van der Waals surface area contributed by atoms with Crippen molar-refractivity contribution in [2.45, 2.75) is 6.92 Å². The number of aliphatic carboxylic acids is 1. The molecular formula is C9H9BrN2O2. The molecule has 0 fully saturated rings. The van der Waals surface area contributed by atoms with Crippen molar-refractivity contribution in [3.8, 4) is 0 Å². The molecule has 0 aliphatic rings. The van der Waals surface area contributed by atoms with E-state index in [0.717, 1.165) is 10.2 Å². The van der Waals surface area contributed by atoms with Crippen LogP contribution in [0.2, 0.25) is 0 Å². The highest BCUT2D eigenvalue weighted by atomic mass is 79.9. The number of para-hydroxylation sites is 1. The molecule has 0 saturated heterocycles. The van der Waals surface area contributed by atoms with Crippen LogP contribution in [-0.2, 0) is 4.79 Å². The summed E-state index contributed by atoms with van der Waals surface area (Å²) in [7, 11) is 0. The zero-order valence-electron chi connectivity index (χ0n) is 7.49. The molecule has 0 atom stereocenters. The Morgan fingerprint density at radius 1 is 1.50 bits per heavy atom. The molecule has 0 radical (unpaired) electrons. The Hall–Kier alpha value is -1.36. The van der Waals surface area contributed by atoms with Crippen molar-refractivity contribution in [1.82, 2.24) is 0 Å². The Morgan fingerprint density at radius 2 is 2.14 bits per heavy atom. The van der Waals surface area contributed by atoms with E-state index >= 15 is 0 Å². The molecule has 1 aromatic carbocycles. The SMILES string of the molecule is C/C(=N/Nc1ccccc1Br)C(=O)O. The maximum atomic E-state index is 10.4. The summed E-state index contributed by atoms with van der Waals surface area (Å²) in [6, 6.07) is 7.33. The number of carbonyl (C=O) groups is 1. The van der Waals surface area contributed by atoms with E-state index in [1.54, 1.807) is 6.07 Å². The molecule has 74 valence electrons. The van der Waals surface area contributed by atoms with Gasteiger partial charge in [-0.15, -0.1) is 0 Å². The normalized spacial score (nSPS) is 11.1. The van der Waals surface area contributed by atoms with Crippen LogP contribution in [-0.4, -0.2) is 16.8 Å². The van der Waals surface area contributed by atoms with E-state index in [1.807, 2.05) is 18.2 Å². The number of rotatable bonds is 3. The van der Waals surface area contributed by atoms with Gasteiger partial charge < -0.3 is 5.11 Å². The Morgan fingerprint density at radius 3 is 2.71 bits per heavy atom. The summed E-state index contributed by atoms with van der Waals surface area (Å²) in [5, 5.41) is 12.2. The average molecular weight is 257 g/mol. The third-order valence-electron chi connectivity index (χ3n) is 1.53. The molecule has 0 aromatic heterocycles. The van der Waals surface area contributed by atoms with Gasteiger partial charge in [-0.05, 0) is 35.0 Å². The summed E-state index contributed by atoms with van der Waals surface area (Å²) in [6.45, 7) is 1.42. The van der Waals surface area contributed by atoms with Gasteiger partial charge in [-0.1, -0.05) is 12.1 Å². The van der Waals surface area contributed by atoms with Gasteiger partial charge in [0.05, 0.1) is 5.69 Å². The zero-order chi connectivity index (χ0) is 10.6. The van der Waals surface area contributed by atoms with Gasteiger partial charge in [0.15, 0.2) is 0 Å². The number of carboxylic acid groups (broad SMARTS) is 1. The molecule has 0 spiro atoms. The van der Waals surface area contributed by atoms with Crippen LogP contribution in [0.3, 0.4) is 0 Å². The standard InChI is InChI=1S/C9H9BrN2O2/c1-6(9(13)14)11-12-8-5-3-2-4-7(8)10/h2-5,12H,1H3,(H,13,14)/b11-6-. The summed E-state index contributed by atoms with van der Waals surface area (Å²) < 4.78 is 0.835. The molecule has 0 amide bonds. The predicted octanol–water partition coefficient (Wildman–Crippen LogP) is 2.32. The first-order chi connectivity index (χ1) is 6.61. The number of hydrazone groups is 1. The summed E-state index contributed by atoms with van der Waals surface area (Å²) >= 11 is 3.30. The topological polar surface area (TPSA) is 61.7 Å². The largest absolute Gasteiger partial charge is 0.477 e. The first kappa shape index (κ1) is 10.7. The maximum Gasteiger partial charge on any atom is 0.351 e. The fraction of sp³-hybridized carbons (Fsp3) is 0.111. The molecule has 0 unspecified atom stereocenters. The molecule has 1 aromatic rings. The van der Waals surface area contributed by atoms with E-state index < -0.39 is 5.97 Å². The zero-order valence-corrected chi connectivity index (χ0v) is 9.08. The molecule has 5 heteroatoms. The fourth-order valence-electron chi connectivity index (χ4n) is 0.744. The average Bonchev–Trinajstić information content (AvgIpc) is 2.16. The third-order valence-corrected chi connectivity index (χ3v) is 2.22. The van der Waals surface area contributed by atoms with E-state index in [9.17, 15) is 4.79 Å². The number of anilines is 1.